The average molecular weight is 202 g/mol. The van der Waals surface area contributed by atoms with Crippen LogP contribution in [0, 0.1) is 0 Å². The molecule has 1 fully saturated rings. The molecular weight excluding hydrogens is 184 g/mol. The molecule has 0 spiro atoms. The highest BCUT2D eigenvalue weighted by Crippen LogP contribution is 2.10. The van der Waals surface area contributed by atoms with E-state index in [2.05, 4.69) is 0 Å². The fourth-order valence-electron chi connectivity index (χ4n) is 1.45. The topological polar surface area (TPSA) is 23.6 Å². The van der Waals surface area contributed by atoms with Gasteiger partial charge in [-0.2, -0.15) is 11.8 Å². The van der Waals surface area contributed by atoms with Crippen LogP contribution in [0.15, 0.2) is 0 Å². The molecule has 1 saturated heterocycles. The van der Waals surface area contributed by atoms with Gasteiger partial charge in [0.15, 0.2) is 0 Å². The van der Waals surface area contributed by atoms with Crippen molar-refractivity contribution in [3.8, 4) is 0 Å². The Morgan fingerprint density at radius 1 is 1.31 bits per heavy atom. The standard InChI is InChI=1S/C9H18N2OS/c1-3-10(4-2)9(12)11-5-7-13-8-6-11/h3-8H2,1-2H3. The molecule has 1 aliphatic heterocycles. The summed E-state index contributed by atoms with van der Waals surface area (Å²) in [7, 11) is 0. The van der Waals surface area contributed by atoms with Gasteiger partial charge in [0.2, 0.25) is 0 Å². The van der Waals surface area contributed by atoms with Crippen LogP contribution in [0.3, 0.4) is 0 Å². The summed E-state index contributed by atoms with van der Waals surface area (Å²) in [6.45, 7) is 7.53. The lowest BCUT2D eigenvalue weighted by atomic mass is 10.4. The van der Waals surface area contributed by atoms with Crippen LogP contribution >= 0.6 is 11.8 Å². The van der Waals surface area contributed by atoms with E-state index in [0.29, 0.717) is 0 Å². The van der Waals surface area contributed by atoms with E-state index in [1.54, 1.807) is 0 Å². The van der Waals surface area contributed by atoms with E-state index in [0.717, 1.165) is 37.7 Å². The fourth-order valence-corrected chi connectivity index (χ4v) is 2.35. The summed E-state index contributed by atoms with van der Waals surface area (Å²) in [5.74, 6) is 2.18. The van der Waals surface area contributed by atoms with Gasteiger partial charge in [-0.25, -0.2) is 4.79 Å². The van der Waals surface area contributed by atoms with E-state index in [1.165, 1.54) is 0 Å². The molecule has 0 N–H and O–H groups in total. The maximum Gasteiger partial charge on any atom is 0.320 e. The summed E-state index contributed by atoms with van der Waals surface area (Å²) in [4.78, 5) is 15.6. The quantitative estimate of drug-likeness (QED) is 0.677. The second-order valence-electron chi connectivity index (χ2n) is 3.05. The van der Waals surface area contributed by atoms with E-state index >= 15 is 0 Å². The van der Waals surface area contributed by atoms with Gasteiger partial charge in [-0.3, -0.25) is 0 Å². The lowest BCUT2D eigenvalue weighted by Crippen LogP contribution is -2.46. The van der Waals surface area contributed by atoms with Crippen LogP contribution in [0.1, 0.15) is 13.8 Å². The Morgan fingerprint density at radius 3 is 2.31 bits per heavy atom. The fraction of sp³-hybridized carbons (Fsp3) is 0.889. The van der Waals surface area contributed by atoms with Crippen LogP contribution in [0.4, 0.5) is 4.79 Å². The van der Waals surface area contributed by atoms with E-state index in [9.17, 15) is 4.79 Å². The predicted octanol–water partition coefficient (Wildman–Crippen LogP) is 1.50. The number of rotatable bonds is 2. The summed E-state index contributed by atoms with van der Waals surface area (Å²) in [5, 5.41) is 0. The summed E-state index contributed by atoms with van der Waals surface area (Å²) in [6.07, 6.45) is 0. The van der Waals surface area contributed by atoms with Crippen molar-refractivity contribution >= 4 is 17.8 Å². The summed E-state index contributed by atoms with van der Waals surface area (Å²) in [5.41, 5.74) is 0. The van der Waals surface area contributed by atoms with Crippen molar-refractivity contribution in [2.45, 2.75) is 13.8 Å². The summed E-state index contributed by atoms with van der Waals surface area (Å²) < 4.78 is 0. The van der Waals surface area contributed by atoms with Crippen molar-refractivity contribution in [2.75, 3.05) is 37.7 Å². The Morgan fingerprint density at radius 2 is 1.85 bits per heavy atom. The molecule has 3 nitrogen and oxygen atoms in total. The van der Waals surface area contributed by atoms with Crippen molar-refractivity contribution in [3.63, 3.8) is 0 Å². The number of urea groups is 1. The lowest BCUT2D eigenvalue weighted by molar-refractivity contribution is 0.162. The third-order valence-corrected chi connectivity index (χ3v) is 3.26. The van der Waals surface area contributed by atoms with Crippen LogP contribution in [0.5, 0.6) is 0 Å². The van der Waals surface area contributed by atoms with Crippen molar-refractivity contribution < 1.29 is 4.79 Å². The molecular formula is C9H18N2OS. The van der Waals surface area contributed by atoms with E-state index in [1.807, 2.05) is 35.4 Å². The van der Waals surface area contributed by atoms with Gasteiger partial charge in [-0.1, -0.05) is 0 Å². The van der Waals surface area contributed by atoms with E-state index in [-0.39, 0.29) is 6.03 Å². The maximum atomic E-state index is 11.8. The molecule has 1 aliphatic rings. The molecule has 0 aromatic rings. The number of amides is 2. The Balaban J connectivity index is 2.44. The van der Waals surface area contributed by atoms with Gasteiger partial charge in [-0.15, -0.1) is 0 Å². The van der Waals surface area contributed by atoms with Crippen molar-refractivity contribution in [1.29, 1.82) is 0 Å². The molecule has 1 rings (SSSR count). The number of carbonyl (C=O) groups excluding carboxylic acids is 1. The Kier molecular flexibility index (Phi) is 4.42. The average Bonchev–Trinajstić information content (AvgIpc) is 2.21. The minimum atomic E-state index is 0.213. The first-order chi connectivity index (χ1) is 6.29. The van der Waals surface area contributed by atoms with Gasteiger partial charge in [0.05, 0.1) is 0 Å². The molecule has 0 radical (unpaired) electrons. The van der Waals surface area contributed by atoms with E-state index in [4.69, 9.17) is 0 Å². The molecule has 0 atom stereocenters. The third-order valence-electron chi connectivity index (χ3n) is 2.32. The SMILES string of the molecule is CCN(CC)C(=O)N1CCSCC1. The smallest absolute Gasteiger partial charge is 0.320 e. The minimum Gasteiger partial charge on any atom is -0.325 e. The second-order valence-corrected chi connectivity index (χ2v) is 4.28. The van der Waals surface area contributed by atoms with Gasteiger partial charge in [0.1, 0.15) is 0 Å². The highest BCUT2D eigenvalue weighted by Gasteiger charge is 2.20. The number of hydrogen-bond acceptors (Lipinski definition) is 2. The van der Waals surface area contributed by atoms with Crippen LogP contribution in [-0.2, 0) is 0 Å². The Labute approximate surface area is 84.5 Å². The molecule has 13 heavy (non-hydrogen) atoms. The minimum absolute atomic E-state index is 0.213. The number of carbonyl (C=O) groups is 1. The zero-order valence-electron chi connectivity index (χ0n) is 8.45. The molecule has 2 amide bonds. The number of thioether (sulfide) groups is 1. The number of nitrogens with zero attached hydrogens (tertiary/aromatic N) is 2. The Hall–Kier alpha value is -0.380. The second kappa shape index (κ2) is 5.37. The molecule has 0 saturated carbocycles. The van der Waals surface area contributed by atoms with Crippen molar-refractivity contribution in [1.82, 2.24) is 9.80 Å². The zero-order valence-corrected chi connectivity index (χ0v) is 9.27. The first-order valence-electron chi connectivity index (χ1n) is 4.91. The lowest BCUT2D eigenvalue weighted by Gasteiger charge is -2.31. The van der Waals surface area contributed by atoms with E-state index < -0.39 is 0 Å². The summed E-state index contributed by atoms with van der Waals surface area (Å²) in [6, 6.07) is 0.213. The predicted molar refractivity (Wildman–Crippen MR) is 57.2 cm³/mol. The summed E-state index contributed by atoms with van der Waals surface area (Å²) >= 11 is 1.93. The molecule has 1 heterocycles. The molecule has 0 unspecified atom stereocenters. The van der Waals surface area contributed by atoms with Gasteiger partial charge in [0, 0.05) is 37.7 Å². The maximum absolute atomic E-state index is 11.8. The van der Waals surface area contributed by atoms with Gasteiger partial charge < -0.3 is 9.80 Å². The molecule has 0 aromatic heterocycles. The van der Waals surface area contributed by atoms with Gasteiger partial charge in [0.25, 0.3) is 0 Å². The van der Waals surface area contributed by atoms with Crippen LogP contribution in [-0.4, -0.2) is 53.5 Å². The van der Waals surface area contributed by atoms with Gasteiger partial charge >= 0.3 is 6.03 Å². The first kappa shape index (κ1) is 10.7. The monoisotopic (exact) mass is 202 g/mol. The van der Waals surface area contributed by atoms with Crippen molar-refractivity contribution in [2.24, 2.45) is 0 Å². The molecule has 76 valence electrons. The number of hydrogen-bond donors (Lipinski definition) is 0. The molecule has 0 aromatic carbocycles. The highest BCUT2D eigenvalue weighted by molar-refractivity contribution is 7.99. The molecule has 4 heteroatoms. The molecule has 0 aliphatic carbocycles. The third kappa shape index (κ3) is 2.79. The van der Waals surface area contributed by atoms with Crippen LogP contribution in [0.25, 0.3) is 0 Å². The normalized spacial score (nSPS) is 17.2. The first-order valence-corrected chi connectivity index (χ1v) is 6.06. The zero-order chi connectivity index (χ0) is 9.68. The van der Waals surface area contributed by atoms with Crippen LogP contribution < -0.4 is 0 Å². The van der Waals surface area contributed by atoms with Crippen molar-refractivity contribution in [3.05, 3.63) is 0 Å². The van der Waals surface area contributed by atoms with Crippen LogP contribution in [0.2, 0.25) is 0 Å². The highest BCUT2D eigenvalue weighted by atomic mass is 32.2. The Bertz CT molecular complexity index is 165. The van der Waals surface area contributed by atoms with Gasteiger partial charge in [-0.05, 0) is 13.8 Å². The molecule has 0 bridgehead atoms. The largest absolute Gasteiger partial charge is 0.325 e.